The highest BCUT2D eigenvalue weighted by Gasteiger charge is 2.37. The fourth-order valence-electron chi connectivity index (χ4n) is 3.69. The normalized spacial score (nSPS) is 13.2. The topological polar surface area (TPSA) is 57.2 Å². The molecule has 0 spiro atoms. The third-order valence-electron chi connectivity index (χ3n) is 6.11. The molecule has 0 aliphatic heterocycles. The van der Waals surface area contributed by atoms with Gasteiger partial charge in [0, 0.05) is 46.2 Å². The van der Waals surface area contributed by atoms with Crippen LogP contribution in [0.4, 0.5) is 5.69 Å². The molecule has 0 aromatic heterocycles. The van der Waals surface area contributed by atoms with Crippen molar-refractivity contribution >= 4 is 28.8 Å². The van der Waals surface area contributed by atoms with Crippen LogP contribution in [0.5, 0.6) is 0 Å². The Morgan fingerprint density at radius 3 is 1.97 bits per heavy atom. The van der Waals surface area contributed by atoms with Crippen LogP contribution in [0.1, 0.15) is 34.1 Å². The Morgan fingerprint density at radius 2 is 1.50 bits per heavy atom. The first-order valence-corrected chi connectivity index (χ1v) is 15.5. The number of anilines is 1. The van der Waals surface area contributed by atoms with E-state index in [0.717, 1.165) is 42.8 Å². The van der Waals surface area contributed by atoms with Crippen LogP contribution in [0.2, 0.25) is 24.2 Å². The first-order chi connectivity index (χ1) is 14.3. The fourth-order valence-corrected chi connectivity index (χ4v) is 7.96. The predicted octanol–water partition coefficient (Wildman–Crippen LogP) is 4.95. The molecule has 0 N–H and O–H groups in total. The molecule has 8 heteroatoms. The smallest absolute Gasteiger partial charge is 0.500 e. The van der Waals surface area contributed by atoms with Gasteiger partial charge in [0.1, 0.15) is 0 Å². The van der Waals surface area contributed by atoms with E-state index in [1.165, 1.54) is 0 Å². The molecule has 6 nitrogen and oxygen atoms in total. The van der Waals surface area contributed by atoms with Crippen LogP contribution in [0.25, 0.3) is 0 Å². The van der Waals surface area contributed by atoms with Gasteiger partial charge in [-0.15, -0.1) is 0 Å². The summed E-state index contributed by atoms with van der Waals surface area (Å²) in [4.78, 5) is 15.2. The van der Waals surface area contributed by atoms with Gasteiger partial charge in [-0.25, -0.2) is 0 Å². The second kappa shape index (κ2) is 13.3. The summed E-state index contributed by atoms with van der Waals surface area (Å²) < 4.78 is 22.7. The summed E-state index contributed by atoms with van der Waals surface area (Å²) in [6, 6.07) is 13.8. The van der Waals surface area contributed by atoms with Crippen LogP contribution in [0.3, 0.4) is 0 Å². The van der Waals surface area contributed by atoms with Gasteiger partial charge < -0.3 is 22.6 Å². The molecule has 1 atom stereocenters. The molecular weight excluding hydrogens is 414 g/mol. The second-order valence-electron chi connectivity index (χ2n) is 7.75. The van der Waals surface area contributed by atoms with E-state index in [1.54, 1.807) is 21.3 Å². The van der Waals surface area contributed by atoms with Crippen molar-refractivity contribution in [3.63, 3.8) is 0 Å². The fraction of sp³-hybridized carbons (Fsp3) is 0.682. The van der Waals surface area contributed by atoms with E-state index in [1.807, 2.05) is 25.1 Å². The lowest BCUT2D eigenvalue weighted by Crippen LogP contribution is -2.44. The number of benzene rings is 1. The summed E-state index contributed by atoms with van der Waals surface area (Å²) in [5.41, 5.74) is 1.10. The van der Waals surface area contributed by atoms with Gasteiger partial charge in [0.25, 0.3) is 14.3 Å². The molecule has 0 bridgehead atoms. The minimum atomic E-state index is -2.61. The Bertz CT molecular complexity index is 592. The summed E-state index contributed by atoms with van der Waals surface area (Å²) in [5.74, 6) is -0.265. The Morgan fingerprint density at radius 1 is 0.967 bits per heavy atom. The Labute approximate surface area is 185 Å². The van der Waals surface area contributed by atoms with E-state index in [9.17, 15) is 4.79 Å². The SMILES string of the molecule is CC[Si](CC)(CC)OC(=O)C(C)CN(CCC[Si](OC)(OC)OC)c1ccccc1. The molecule has 0 aliphatic rings. The predicted molar refractivity (Wildman–Crippen MR) is 127 cm³/mol. The number of carbonyl (C=O) groups excluding carboxylic acids is 1. The van der Waals surface area contributed by atoms with Crippen molar-refractivity contribution in [2.24, 2.45) is 5.92 Å². The van der Waals surface area contributed by atoms with Crippen LogP contribution in [0.15, 0.2) is 30.3 Å². The van der Waals surface area contributed by atoms with Crippen molar-refractivity contribution in [3.8, 4) is 0 Å². The number of hydrogen-bond donors (Lipinski definition) is 0. The molecule has 0 saturated heterocycles. The third-order valence-corrected chi connectivity index (χ3v) is 13.4. The second-order valence-corrected chi connectivity index (χ2v) is 15.5. The average Bonchev–Trinajstić information content (AvgIpc) is 2.80. The minimum Gasteiger partial charge on any atom is -0.519 e. The molecule has 30 heavy (non-hydrogen) atoms. The van der Waals surface area contributed by atoms with E-state index in [2.05, 4.69) is 37.8 Å². The molecular formula is C22H41NO5Si2. The van der Waals surface area contributed by atoms with Gasteiger partial charge in [-0.1, -0.05) is 45.9 Å². The summed E-state index contributed by atoms with van der Waals surface area (Å²) in [7, 11) is 0.353. The molecule has 0 aliphatic carbocycles. The standard InChI is InChI=1S/C22H41NO5Si2/c1-8-29(9-2,10-3)28-22(24)20(4)19-23(21-15-12-11-13-16-21)17-14-18-30(25-5,26-6)27-7/h11-13,15-16,20H,8-10,14,17-19H2,1-7H3. The molecule has 0 heterocycles. The van der Waals surface area contributed by atoms with Gasteiger partial charge in [-0.2, -0.15) is 0 Å². The number of rotatable bonds is 15. The number of hydrogen-bond acceptors (Lipinski definition) is 6. The van der Waals surface area contributed by atoms with Crippen molar-refractivity contribution in [1.29, 1.82) is 0 Å². The molecule has 0 amide bonds. The van der Waals surface area contributed by atoms with Crippen LogP contribution in [-0.2, 0) is 22.5 Å². The Hall–Kier alpha value is -1.20. The average molecular weight is 456 g/mol. The number of nitrogens with zero attached hydrogens (tertiary/aromatic N) is 1. The van der Waals surface area contributed by atoms with Crippen LogP contribution >= 0.6 is 0 Å². The van der Waals surface area contributed by atoms with Crippen LogP contribution in [-0.4, -0.2) is 57.5 Å². The Balaban J connectivity index is 2.85. The highest BCUT2D eigenvalue weighted by molar-refractivity contribution is 6.74. The zero-order chi connectivity index (χ0) is 22.6. The summed E-state index contributed by atoms with van der Waals surface area (Å²) in [6.45, 7) is 9.80. The van der Waals surface area contributed by atoms with Gasteiger partial charge in [0.05, 0.1) is 5.92 Å². The molecule has 1 unspecified atom stereocenters. The van der Waals surface area contributed by atoms with Gasteiger partial charge in [-0.05, 0) is 36.7 Å². The molecule has 0 fully saturated rings. The largest absolute Gasteiger partial charge is 0.519 e. The van der Waals surface area contributed by atoms with Crippen LogP contribution in [0, 0.1) is 5.92 Å². The molecule has 172 valence electrons. The summed E-state index contributed by atoms with van der Waals surface area (Å²) >= 11 is 0. The monoisotopic (exact) mass is 455 g/mol. The first-order valence-electron chi connectivity index (χ1n) is 11.0. The zero-order valence-electron chi connectivity index (χ0n) is 19.9. The molecule has 1 aromatic rings. The molecule has 1 aromatic carbocycles. The van der Waals surface area contributed by atoms with E-state index >= 15 is 0 Å². The number of para-hydroxylation sites is 1. The van der Waals surface area contributed by atoms with E-state index < -0.39 is 17.1 Å². The molecule has 0 saturated carbocycles. The van der Waals surface area contributed by atoms with E-state index in [-0.39, 0.29) is 11.9 Å². The highest BCUT2D eigenvalue weighted by atomic mass is 28.4. The van der Waals surface area contributed by atoms with Crippen molar-refractivity contribution < 1.29 is 22.5 Å². The summed E-state index contributed by atoms with van der Waals surface area (Å²) in [5, 5.41) is 0. The highest BCUT2D eigenvalue weighted by Crippen LogP contribution is 2.24. The minimum absolute atomic E-state index is 0.0671. The Kier molecular flexibility index (Phi) is 11.9. The first kappa shape index (κ1) is 26.8. The van der Waals surface area contributed by atoms with Crippen molar-refractivity contribution in [2.75, 3.05) is 39.3 Å². The van der Waals surface area contributed by atoms with Gasteiger partial charge in [0.2, 0.25) is 0 Å². The van der Waals surface area contributed by atoms with E-state index in [0.29, 0.717) is 6.54 Å². The van der Waals surface area contributed by atoms with Crippen molar-refractivity contribution in [1.82, 2.24) is 0 Å². The zero-order valence-corrected chi connectivity index (χ0v) is 21.9. The van der Waals surface area contributed by atoms with Gasteiger partial charge in [0.15, 0.2) is 0 Å². The van der Waals surface area contributed by atoms with Crippen LogP contribution < -0.4 is 4.90 Å². The lowest BCUT2D eigenvalue weighted by Gasteiger charge is -2.32. The maximum Gasteiger partial charge on any atom is 0.500 e. The lowest BCUT2D eigenvalue weighted by molar-refractivity contribution is -0.139. The van der Waals surface area contributed by atoms with Gasteiger partial charge in [-0.3, -0.25) is 4.79 Å². The van der Waals surface area contributed by atoms with Gasteiger partial charge >= 0.3 is 8.80 Å². The molecule has 0 radical (unpaired) electrons. The number of carbonyl (C=O) groups is 1. The maximum atomic E-state index is 12.9. The quantitative estimate of drug-likeness (QED) is 0.349. The van der Waals surface area contributed by atoms with Crippen molar-refractivity contribution in [2.45, 2.75) is 58.3 Å². The van der Waals surface area contributed by atoms with E-state index in [4.69, 9.17) is 17.7 Å². The van der Waals surface area contributed by atoms with Crippen molar-refractivity contribution in [3.05, 3.63) is 30.3 Å². The summed E-state index contributed by atoms with van der Waals surface area (Å²) in [6.07, 6.45) is 0.843. The maximum absolute atomic E-state index is 12.9. The lowest BCUT2D eigenvalue weighted by atomic mass is 10.1. The molecule has 1 rings (SSSR count). The third kappa shape index (κ3) is 7.49.